The Morgan fingerprint density at radius 2 is 2.05 bits per heavy atom. The first-order valence-corrected chi connectivity index (χ1v) is 14.9. The number of nitrogens with two attached hydrogens (primary N) is 1. The van der Waals surface area contributed by atoms with Crippen LogP contribution in [0, 0.1) is 0 Å². The van der Waals surface area contributed by atoms with Crippen LogP contribution in [0.3, 0.4) is 0 Å². The first-order valence-electron chi connectivity index (χ1n) is 13.0. The summed E-state index contributed by atoms with van der Waals surface area (Å²) in [6.07, 6.45) is 3.45. The maximum absolute atomic E-state index is 13.1. The van der Waals surface area contributed by atoms with Gasteiger partial charge in [0.15, 0.2) is 29.8 Å². The fourth-order valence-electron chi connectivity index (χ4n) is 4.83. The number of carbonyl (C=O) groups is 5. The summed E-state index contributed by atoms with van der Waals surface area (Å²) in [5.41, 5.74) is 6.67. The lowest BCUT2D eigenvalue weighted by atomic mass is 10.0. The zero-order chi connectivity index (χ0) is 31.6. The molecule has 0 spiro atoms. The van der Waals surface area contributed by atoms with E-state index in [1.807, 2.05) is 0 Å². The Labute approximate surface area is 257 Å². The molecule has 18 heteroatoms. The predicted octanol–water partition coefficient (Wildman–Crippen LogP) is -0.475. The molecule has 0 saturated carbocycles. The first-order chi connectivity index (χ1) is 21.1. The fraction of sp³-hybridized carbons (Fsp3) is 0.385. The Bertz CT molecular complexity index is 1570. The van der Waals surface area contributed by atoms with E-state index in [9.17, 15) is 29.1 Å². The van der Waals surface area contributed by atoms with Gasteiger partial charge in [0.2, 0.25) is 0 Å². The number of fused-ring (bicyclic) bond motifs is 1. The molecule has 44 heavy (non-hydrogen) atoms. The number of hydrogen-bond acceptors (Lipinski definition) is 14. The van der Waals surface area contributed by atoms with Gasteiger partial charge in [-0.1, -0.05) is 5.16 Å². The molecule has 2 amide bonds. The number of carboxylic acids is 1. The van der Waals surface area contributed by atoms with Crippen molar-refractivity contribution in [1.29, 1.82) is 0 Å². The minimum atomic E-state index is -1.79. The van der Waals surface area contributed by atoms with Crippen molar-refractivity contribution in [3.05, 3.63) is 52.4 Å². The van der Waals surface area contributed by atoms with Crippen molar-refractivity contribution in [3.63, 3.8) is 0 Å². The molecule has 0 aromatic carbocycles. The molecule has 2 aromatic rings. The highest BCUT2D eigenvalue weighted by Crippen LogP contribution is 2.40. The molecule has 0 radical (unpaired) electrons. The number of pyridine rings is 1. The monoisotopic (exact) mass is 647 g/mol. The lowest BCUT2D eigenvalue weighted by Crippen LogP contribution is -2.71. The highest BCUT2D eigenvalue weighted by atomic mass is 32.2. The number of rotatable bonds is 11. The third kappa shape index (κ3) is 5.95. The smallest absolute Gasteiger partial charge is 0.379 e. The number of oxime groups is 1. The van der Waals surface area contributed by atoms with Crippen LogP contribution in [0.15, 0.2) is 46.3 Å². The molecule has 3 atom stereocenters. The van der Waals surface area contributed by atoms with Crippen molar-refractivity contribution in [1.82, 2.24) is 15.2 Å². The second-order valence-corrected chi connectivity index (χ2v) is 11.7. The van der Waals surface area contributed by atoms with Crippen molar-refractivity contribution in [2.24, 2.45) is 5.16 Å². The molecule has 3 aliphatic rings. The number of esters is 2. The SMILES string of the molecule is CO/N=C(\C(=O)NC1C(=O)N2C(C(=O)O)=C(C[n+]3ccc(COC4(C(=O)OC)CCC(=O)O4)cc3)CS[C@@H]12)c1csc(N)n1. The van der Waals surface area contributed by atoms with Crippen LogP contribution in [0.2, 0.25) is 0 Å². The quantitative estimate of drug-likeness (QED) is 0.0926. The van der Waals surface area contributed by atoms with E-state index < -0.39 is 46.9 Å². The molecule has 5 heterocycles. The van der Waals surface area contributed by atoms with Crippen molar-refractivity contribution < 1.29 is 52.7 Å². The number of nitrogen functional groups attached to an aromatic ring is 1. The largest absolute Gasteiger partial charge is 0.477 e. The number of aliphatic carboxylic acids is 1. The minimum Gasteiger partial charge on any atom is -0.477 e. The molecule has 16 nitrogen and oxygen atoms in total. The zero-order valence-electron chi connectivity index (χ0n) is 23.4. The van der Waals surface area contributed by atoms with Gasteiger partial charge in [-0.15, -0.1) is 23.1 Å². The van der Waals surface area contributed by atoms with Gasteiger partial charge in [0, 0.05) is 35.3 Å². The van der Waals surface area contributed by atoms with Crippen LogP contribution in [0.4, 0.5) is 5.13 Å². The van der Waals surface area contributed by atoms with Gasteiger partial charge in [0.25, 0.3) is 11.8 Å². The summed E-state index contributed by atoms with van der Waals surface area (Å²) in [6.45, 7) is 0.120. The fourth-order valence-corrected chi connectivity index (χ4v) is 6.71. The number of methoxy groups -OCH3 is 1. The second kappa shape index (κ2) is 12.6. The van der Waals surface area contributed by atoms with E-state index in [1.54, 1.807) is 29.1 Å². The van der Waals surface area contributed by atoms with Crippen LogP contribution < -0.4 is 15.6 Å². The molecular weight excluding hydrogens is 620 g/mol. The highest BCUT2D eigenvalue weighted by molar-refractivity contribution is 8.00. The number of aromatic nitrogens is 2. The van der Waals surface area contributed by atoms with E-state index in [0.717, 1.165) is 11.3 Å². The molecule has 0 aliphatic carbocycles. The summed E-state index contributed by atoms with van der Waals surface area (Å²) in [5, 5.41) is 17.5. The van der Waals surface area contributed by atoms with E-state index in [-0.39, 0.29) is 54.0 Å². The van der Waals surface area contributed by atoms with Crippen molar-refractivity contribution in [2.45, 2.75) is 43.2 Å². The van der Waals surface area contributed by atoms with E-state index in [2.05, 4.69) is 15.5 Å². The summed E-state index contributed by atoms with van der Waals surface area (Å²) >= 11 is 2.42. The normalized spacial score (nSPS) is 23.0. The second-order valence-electron chi connectivity index (χ2n) is 9.70. The molecule has 2 fully saturated rings. The Morgan fingerprint density at radius 3 is 2.64 bits per heavy atom. The number of nitrogens with one attached hydrogen (secondary N) is 1. The molecule has 3 aliphatic heterocycles. The first kappa shape index (κ1) is 30.9. The number of cyclic esters (lactones) is 1. The number of carboxylic acid groups (broad SMARTS) is 1. The molecule has 2 aromatic heterocycles. The lowest BCUT2D eigenvalue weighted by Gasteiger charge is -2.49. The number of carbonyl (C=O) groups excluding carboxylic acids is 4. The number of thiazole rings is 1. The Morgan fingerprint density at radius 1 is 1.30 bits per heavy atom. The van der Waals surface area contributed by atoms with Crippen LogP contribution in [0.1, 0.15) is 24.1 Å². The average Bonchev–Trinajstić information content (AvgIpc) is 3.62. The average molecular weight is 648 g/mol. The Hall–Kier alpha value is -4.55. The summed E-state index contributed by atoms with van der Waals surface area (Å²) in [5.74, 6) is -5.43. The van der Waals surface area contributed by atoms with Gasteiger partial charge in [0.1, 0.15) is 29.9 Å². The van der Waals surface area contributed by atoms with Gasteiger partial charge in [-0.3, -0.25) is 19.3 Å². The van der Waals surface area contributed by atoms with Crippen LogP contribution in [0.5, 0.6) is 0 Å². The molecule has 2 saturated heterocycles. The van der Waals surface area contributed by atoms with Crippen molar-refractivity contribution in [2.75, 3.05) is 25.7 Å². The molecule has 2 unspecified atom stereocenters. The van der Waals surface area contributed by atoms with Gasteiger partial charge < -0.3 is 35.2 Å². The molecule has 4 N–H and O–H groups in total. The standard InChI is InChI=1S/C26H26N6O10S2/c1-39-24(38)26(6-3-16(33)42-26)41-10-13-4-7-31(8-5-13)9-14-11-43-22-18(21(35)32(22)19(14)23(36)37)29-20(34)17(30-40-2)15-12-44-25(27)28-15/h4-5,7-8,12,18,22H,3,6,9-11H2,1-2H3,(H3-,27,28,29,34,36,37)/p+1/b30-17-/t18?,22-,26?/m0/s1. The van der Waals surface area contributed by atoms with E-state index >= 15 is 0 Å². The predicted molar refractivity (Wildman–Crippen MR) is 151 cm³/mol. The number of nitrogens with zero attached hydrogens (tertiary/aromatic N) is 4. The van der Waals surface area contributed by atoms with Crippen LogP contribution in [0.25, 0.3) is 0 Å². The molecule has 0 bridgehead atoms. The number of hydrogen-bond donors (Lipinski definition) is 3. The van der Waals surface area contributed by atoms with Crippen LogP contribution >= 0.6 is 23.1 Å². The van der Waals surface area contributed by atoms with Gasteiger partial charge in [-0.2, -0.15) is 0 Å². The Kier molecular flexibility index (Phi) is 8.84. The van der Waals surface area contributed by atoms with Gasteiger partial charge in [0.05, 0.1) is 20.1 Å². The number of β-lactam (4-membered cyclic amide) rings is 1. The van der Waals surface area contributed by atoms with Gasteiger partial charge in [-0.25, -0.2) is 19.1 Å². The van der Waals surface area contributed by atoms with Crippen LogP contribution in [-0.4, -0.2) is 87.6 Å². The Balaban J connectivity index is 1.25. The molecule has 232 valence electrons. The maximum atomic E-state index is 13.1. The van der Waals surface area contributed by atoms with E-state index in [1.165, 1.54) is 36.3 Å². The molecule has 5 rings (SSSR count). The lowest BCUT2D eigenvalue weighted by molar-refractivity contribution is -0.689. The number of amides is 2. The summed E-state index contributed by atoms with van der Waals surface area (Å²) in [7, 11) is 2.44. The van der Waals surface area contributed by atoms with Gasteiger partial charge >= 0.3 is 23.7 Å². The summed E-state index contributed by atoms with van der Waals surface area (Å²) in [4.78, 5) is 72.1. The third-order valence-electron chi connectivity index (χ3n) is 6.94. The van der Waals surface area contributed by atoms with Crippen molar-refractivity contribution in [3.8, 4) is 0 Å². The third-order valence-corrected chi connectivity index (χ3v) is 8.95. The molecular formula is C26H27N6O10S2+. The number of ether oxygens (including phenoxy) is 3. The topological polar surface area (TPSA) is 213 Å². The van der Waals surface area contributed by atoms with E-state index in [0.29, 0.717) is 11.1 Å². The minimum absolute atomic E-state index is 0.0294. The van der Waals surface area contributed by atoms with Crippen LogP contribution in [-0.2, 0) is 56.2 Å². The van der Waals surface area contributed by atoms with Crippen molar-refractivity contribution >= 4 is 63.7 Å². The summed E-state index contributed by atoms with van der Waals surface area (Å²) < 4.78 is 17.2. The number of thioether (sulfide) groups is 1. The van der Waals surface area contributed by atoms with Gasteiger partial charge in [-0.05, 0) is 5.56 Å². The number of anilines is 1. The van der Waals surface area contributed by atoms with E-state index in [4.69, 9.17) is 24.8 Å². The highest BCUT2D eigenvalue weighted by Gasteiger charge is 2.55. The summed E-state index contributed by atoms with van der Waals surface area (Å²) in [6, 6.07) is 2.43. The maximum Gasteiger partial charge on any atom is 0.379 e. The zero-order valence-corrected chi connectivity index (χ0v) is 25.0.